The maximum Gasteiger partial charge on any atom is 0.334 e. The summed E-state index contributed by atoms with van der Waals surface area (Å²) >= 11 is 0. The number of carbonyl (C=O) groups excluding carboxylic acids is 2. The molecule has 2 aromatic rings. The highest BCUT2D eigenvalue weighted by Crippen LogP contribution is 2.33. The number of cyclic esters (lactones) is 1. The Labute approximate surface area is 208 Å². The Kier molecular flexibility index (Phi) is 10.6. The van der Waals surface area contributed by atoms with Crippen LogP contribution in [0.3, 0.4) is 0 Å². The first kappa shape index (κ1) is 26.3. The van der Waals surface area contributed by atoms with Crippen LogP contribution in [0.4, 0.5) is 0 Å². The first-order valence-corrected chi connectivity index (χ1v) is 12.6. The van der Waals surface area contributed by atoms with Crippen LogP contribution in [0.25, 0.3) is 11.1 Å². The van der Waals surface area contributed by atoms with E-state index in [1.54, 1.807) is 0 Å². The van der Waals surface area contributed by atoms with Crippen LogP contribution in [-0.4, -0.2) is 25.2 Å². The number of hydrogen-bond donors (Lipinski definition) is 0. The molecule has 3 rings (SSSR count). The van der Waals surface area contributed by atoms with E-state index >= 15 is 0 Å². The molecule has 0 aliphatic carbocycles. The van der Waals surface area contributed by atoms with Gasteiger partial charge in [-0.05, 0) is 41.7 Å². The summed E-state index contributed by atoms with van der Waals surface area (Å²) < 4.78 is 16.2. The van der Waals surface area contributed by atoms with E-state index in [0.29, 0.717) is 18.6 Å². The van der Waals surface area contributed by atoms with E-state index in [-0.39, 0.29) is 18.0 Å². The highest BCUT2D eigenvalue weighted by molar-refractivity contribution is 5.90. The molecule has 0 saturated carbocycles. The fourth-order valence-corrected chi connectivity index (χ4v) is 4.07. The quantitative estimate of drug-likeness (QED) is 0.155. The number of benzene rings is 2. The van der Waals surface area contributed by atoms with Gasteiger partial charge in [-0.15, -0.1) is 0 Å². The maximum absolute atomic E-state index is 11.5. The minimum Gasteiger partial charge on any atom is -0.494 e. The Balaban J connectivity index is 1.26. The Hall–Kier alpha value is -3.34. The molecule has 1 aliphatic heterocycles. The van der Waals surface area contributed by atoms with Crippen molar-refractivity contribution in [2.45, 2.75) is 63.9 Å². The lowest BCUT2D eigenvalue weighted by atomic mass is 10.00. The van der Waals surface area contributed by atoms with Crippen LogP contribution < -0.4 is 4.74 Å². The van der Waals surface area contributed by atoms with Gasteiger partial charge in [0.05, 0.1) is 13.2 Å². The molecule has 35 heavy (non-hydrogen) atoms. The van der Waals surface area contributed by atoms with E-state index in [0.717, 1.165) is 48.3 Å². The molecule has 0 aromatic heterocycles. The maximum atomic E-state index is 11.5. The van der Waals surface area contributed by atoms with Crippen LogP contribution in [-0.2, 0) is 19.1 Å². The van der Waals surface area contributed by atoms with Gasteiger partial charge in [0.1, 0.15) is 11.9 Å². The molecule has 1 heterocycles. The van der Waals surface area contributed by atoms with Crippen LogP contribution in [0.1, 0.15) is 69.5 Å². The molecule has 186 valence electrons. The number of rotatable bonds is 15. The van der Waals surface area contributed by atoms with Crippen LogP contribution in [0.2, 0.25) is 0 Å². The van der Waals surface area contributed by atoms with Crippen LogP contribution in [0.15, 0.2) is 73.3 Å². The minimum absolute atomic E-state index is 0.222. The third-order valence-corrected chi connectivity index (χ3v) is 6.16. The lowest BCUT2D eigenvalue weighted by Crippen LogP contribution is -2.01. The van der Waals surface area contributed by atoms with E-state index in [4.69, 9.17) is 14.2 Å². The van der Waals surface area contributed by atoms with Gasteiger partial charge in [-0.25, -0.2) is 9.59 Å². The molecule has 1 fully saturated rings. The average molecular weight is 477 g/mol. The molecule has 0 amide bonds. The molecule has 0 spiro atoms. The fourth-order valence-electron chi connectivity index (χ4n) is 4.07. The molecule has 1 unspecified atom stereocenters. The number of hydrogen-bond acceptors (Lipinski definition) is 5. The summed E-state index contributed by atoms with van der Waals surface area (Å²) in [7, 11) is 0. The predicted molar refractivity (Wildman–Crippen MR) is 138 cm³/mol. The minimum atomic E-state index is -0.337. The summed E-state index contributed by atoms with van der Waals surface area (Å²) in [5, 5.41) is 0. The molecule has 5 nitrogen and oxygen atoms in total. The van der Waals surface area contributed by atoms with Crippen molar-refractivity contribution in [2.75, 3.05) is 13.2 Å². The largest absolute Gasteiger partial charge is 0.494 e. The topological polar surface area (TPSA) is 61.8 Å². The smallest absolute Gasteiger partial charge is 0.334 e. The van der Waals surface area contributed by atoms with Gasteiger partial charge in [-0.3, -0.25) is 0 Å². The fraction of sp³-hybridized carbons (Fsp3) is 0.400. The van der Waals surface area contributed by atoms with Crippen LogP contribution in [0.5, 0.6) is 5.75 Å². The second-order valence-corrected chi connectivity index (χ2v) is 8.90. The molecule has 0 radical (unpaired) electrons. The van der Waals surface area contributed by atoms with Crippen molar-refractivity contribution in [3.63, 3.8) is 0 Å². The zero-order valence-corrected chi connectivity index (χ0v) is 20.5. The normalized spacial score (nSPS) is 15.0. The second kappa shape index (κ2) is 14.1. The van der Waals surface area contributed by atoms with Gasteiger partial charge in [0.15, 0.2) is 0 Å². The van der Waals surface area contributed by atoms with Crippen molar-refractivity contribution < 1.29 is 23.8 Å². The Morgan fingerprint density at radius 1 is 0.857 bits per heavy atom. The van der Waals surface area contributed by atoms with Gasteiger partial charge < -0.3 is 14.2 Å². The third-order valence-electron chi connectivity index (χ3n) is 6.16. The van der Waals surface area contributed by atoms with E-state index in [2.05, 4.69) is 37.4 Å². The number of carbonyl (C=O) groups is 2. The van der Waals surface area contributed by atoms with Gasteiger partial charge in [-0.2, -0.15) is 0 Å². The number of esters is 2. The van der Waals surface area contributed by atoms with E-state index in [1.165, 1.54) is 38.2 Å². The summed E-state index contributed by atoms with van der Waals surface area (Å²) in [5.41, 5.74) is 3.76. The van der Waals surface area contributed by atoms with Crippen LogP contribution >= 0.6 is 0 Å². The molecular formula is C30H36O5. The SMILES string of the molecule is C=CC(=O)OCCCCCCCCCCOc1ccc(-c2ccc(C3CC(=C)C(=O)O3)cc2)cc1. The second-order valence-electron chi connectivity index (χ2n) is 8.90. The van der Waals surface area contributed by atoms with Gasteiger partial charge in [0, 0.05) is 18.1 Å². The summed E-state index contributed by atoms with van der Waals surface area (Å²) in [6, 6.07) is 16.3. The molecule has 2 aromatic carbocycles. The van der Waals surface area contributed by atoms with Crippen molar-refractivity contribution in [3.05, 3.63) is 78.9 Å². The van der Waals surface area contributed by atoms with Crippen molar-refractivity contribution in [2.24, 2.45) is 0 Å². The van der Waals surface area contributed by atoms with Crippen molar-refractivity contribution in [1.82, 2.24) is 0 Å². The molecule has 0 N–H and O–H groups in total. The lowest BCUT2D eigenvalue weighted by Gasteiger charge is -2.11. The molecule has 1 aliphatic rings. The lowest BCUT2D eigenvalue weighted by molar-refractivity contribution is -0.139. The van der Waals surface area contributed by atoms with E-state index in [9.17, 15) is 9.59 Å². The first-order chi connectivity index (χ1) is 17.1. The zero-order chi connectivity index (χ0) is 24.9. The molecule has 1 atom stereocenters. The van der Waals surface area contributed by atoms with E-state index < -0.39 is 0 Å². The summed E-state index contributed by atoms with van der Waals surface area (Å²) in [4.78, 5) is 22.5. The summed E-state index contributed by atoms with van der Waals surface area (Å²) in [5.74, 6) is 0.252. The van der Waals surface area contributed by atoms with Crippen LogP contribution in [0, 0.1) is 0 Å². The van der Waals surface area contributed by atoms with Gasteiger partial charge in [-0.1, -0.05) is 88.1 Å². The third kappa shape index (κ3) is 8.75. The monoisotopic (exact) mass is 476 g/mol. The van der Waals surface area contributed by atoms with Crippen molar-refractivity contribution in [1.29, 1.82) is 0 Å². The first-order valence-electron chi connectivity index (χ1n) is 12.6. The highest BCUT2D eigenvalue weighted by atomic mass is 16.6. The Morgan fingerprint density at radius 2 is 1.40 bits per heavy atom. The van der Waals surface area contributed by atoms with Gasteiger partial charge in [0.2, 0.25) is 0 Å². The number of unbranched alkanes of at least 4 members (excludes halogenated alkanes) is 7. The van der Waals surface area contributed by atoms with Crippen molar-refractivity contribution >= 4 is 11.9 Å². The highest BCUT2D eigenvalue weighted by Gasteiger charge is 2.28. The standard InChI is InChI=1S/C30H36O5/c1-3-29(31)34-21-11-9-7-5-4-6-8-10-20-33-27-18-16-25(17-19-27)24-12-14-26(15-13-24)28-22-23(2)30(32)35-28/h3,12-19,28H,1-2,4-11,20-22H2. The average Bonchev–Trinajstić information content (AvgIpc) is 3.23. The van der Waals surface area contributed by atoms with E-state index in [1.807, 2.05) is 24.3 Å². The van der Waals surface area contributed by atoms with Gasteiger partial charge in [0.25, 0.3) is 0 Å². The summed E-state index contributed by atoms with van der Waals surface area (Å²) in [6.45, 7) is 8.35. The molecule has 1 saturated heterocycles. The van der Waals surface area contributed by atoms with Gasteiger partial charge >= 0.3 is 11.9 Å². The number of ether oxygens (including phenoxy) is 3. The molecule has 0 bridgehead atoms. The molecule has 5 heteroatoms. The van der Waals surface area contributed by atoms with Crippen molar-refractivity contribution in [3.8, 4) is 16.9 Å². The Bertz CT molecular complexity index is 959. The predicted octanol–water partition coefficient (Wildman–Crippen LogP) is 7.13. The Morgan fingerprint density at radius 3 is 1.94 bits per heavy atom. The summed E-state index contributed by atoms with van der Waals surface area (Å²) in [6.07, 6.45) is 10.6. The zero-order valence-electron chi connectivity index (χ0n) is 20.5. The molecular weight excluding hydrogens is 440 g/mol.